The molecule has 0 saturated heterocycles. The Labute approximate surface area is 182 Å². The first kappa shape index (κ1) is 22.4. The van der Waals surface area contributed by atoms with Gasteiger partial charge in [0.15, 0.2) is 5.82 Å². The second kappa shape index (κ2) is 11.2. The summed E-state index contributed by atoms with van der Waals surface area (Å²) in [5.41, 5.74) is 0.861. The van der Waals surface area contributed by atoms with Gasteiger partial charge in [-0.3, -0.25) is 4.98 Å². The summed E-state index contributed by atoms with van der Waals surface area (Å²) in [5, 5.41) is 14.3. The smallest absolute Gasteiger partial charge is 0.240 e. The number of aromatic nitrogens is 3. The summed E-state index contributed by atoms with van der Waals surface area (Å²) < 4.78 is 32.9. The quantitative estimate of drug-likeness (QED) is 0.366. The molecular weight excluding hydrogens is 416 g/mol. The van der Waals surface area contributed by atoms with E-state index in [0.717, 1.165) is 18.5 Å². The fourth-order valence-corrected chi connectivity index (χ4v) is 3.62. The molecule has 3 rings (SSSR count). The number of ether oxygens (including phenoxy) is 1. The number of anilines is 3. The minimum Gasteiger partial charge on any atom is -0.494 e. The van der Waals surface area contributed by atoms with E-state index in [1.807, 2.05) is 12.1 Å². The van der Waals surface area contributed by atoms with Crippen molar-refractivity contribution in [3.8, 4) is 5.75 Å². The van der Waals surface area contributed by atoms with E-state index in [2.05, 4.69) is 37.5 Å². The average Bonchev–Trinajstić information content (AvgIpc) is 2.79. The molecule has 0 radical (unpaired) electrons. The van der Waals surface area contributed by atoms with Gasteiger partial charge in [0.2, 0.25) is 10.0 Å². The maximum absolute atomic E-state index is 12.4. The van der Waals surface area contributed by atoms with Gasteiger partial charge in [-0.05, 0) is 55.0 Å². The molecule has 0 aliphatic carbocycles. The highest BCUT2D eigenvalue weighted by Gasteiger charge is 2.13. The van der Waals surface area contributed by atoms with Crippen LogP contribution in [0.2, 0.25) is 0 Å². The SMILES string of the molecule is CCCCOc1ccc(S(=O)(=O)NCCNc2ccc(Nc3ccncc3)nn2)cc1. The first-order valence-electron chi connectivity index (χ1n) is 10.0. The Morgan fingerprint density at radius 3 is 2.29 bits per heavy atom. The molecular formula is C21H26N6O3S. The lowest BCUT2D eigenvalue weighted by Crippen LogP contribution is -2.29. The largest absolute Gasteiger partial charge is 0.494 e. The topological polar surface area (TPSA) is 118 Å². The predicted molar refractivity (Wildman–Crippen MR) is 120 cm³/mol. The zero-order chi connectivity index (χ0) is 21.9. The van der Waals surface area contributed by atoms with E-state index in [1.54, 1.807) is 36.7 Å². The van der Waals surface area contributed by atoms with Crippen LogP contribution in [0.25, 0.3) is 0 Å². The molecule has 3 aromatic rings. The number of pyridine rings is 1. The minimum absolute atomic E-state index is 0.196. The molecule has 2 aromatic heterocycles. The highest BCUT2D eigenvalue weighted by molar-refractivity contribution is 7.89. The van der Waals surface area contributed by atoms with E-state index >= 15 is 0 Å². The maximum atomic E-state index is 12.4. The summed E-state index contributed by atoms with van der Waals surface area (Å²) in [6.45, 7) is 3.28. The van der Waals surface area contributed by atoms with E-state index < -0.39 is 10.0 Å². The van der Waals surface area contributed by atoms with Crippen LogP contribution in [0.15, 0.2) is 65.8 Å². The molecule has 10 heteroatoms. The first-order chi connectivity index (χ1) is 15.1. The average molecular weight is 443 g/mol. The van der Waals surface area contributed by atoms with Crippen LogP contribution in [-0.4, -0.2) is 43.3 Å². The summed E-state index contributed by atoms with van der Waals surface area (Å²) >= 11 is 0. The molecule has 3 N–H and O–H groups in total. The van der Waals surface area contributed by atoms with E-state index in [4.69, 9.17) is 4.74 Å². The van der Waals surface area contributed by atoms with Gasteiger partial charge in [-0.2, -0.15) is 0 Å². The molecule has 0 aliphatic rings. The molecule has 0 atom stereocenters. The normalized spacial score (nSPS) is 11.1. The van der Waals surface area contributed by atoms with Crippen molar-refractivity contribution >= 4 is 27.3 Å². The van der Waals surface area contributed by atoms with Gasteiger partial charge < -0.3 is 15.4 Å². The molecule has 9 nitrogen and oxygen atoms in total. The second-order valence-corrected chi connectivity index (χ2v) is 8.43. The standard InChI is InChI=1S/C21H26N6O3S/c1-2-3-16-30-18-4-6-19(7-5-18)31(28,29)24-15-14-23-20-8-9-21(27-26-20)25-17-10-12-22-13-11-17/h4-13,24H,2-3,14-16H2,1H3,(H,23,26)(H,22,25,27). The summed E-state index contributed by atoms with van der Waals surface area (Å²) in [5.74, 6) is 1.81. The minimum atomic E-state index is -3.59. The Kier molecular flexibility index (Phi) is 8.13. The number of hydrogen-bond acceptors (Lipinski definition) is 8. The monoisotopic (exact) mass is 442 g/mol. The highest BCUT2D eigenvalue weighted by Crippen LogP contribution is 2.16. The lowest BCUT2D eigenvalue weighted by Gasteiger charge is -2.10. The second-order valence-electron chi connectivity index (χ2n) is 6.66. The third-order valence-electron chi connectivity index (χ3n) is 4.24. The number of benzene rings is 1. The van der Waals surface area contributed by atoms with E-state index in [-0.39, 0.29) is 11.4 Å². The van der Waals surface area contributed by atoms with Gasteiger partial charge in [-0.25, -0.2) is 13.1 Å². The van der Waals surface area contributed by atoms with E-state index in [1.165, 1.54) is 12.1 Å². The lowest BCUT2D eigenvalue weighted by molar-refractivity contribution is 0.309. The maximum Gasteiger partial charge on any atom is 0.240 e. The predicted octanol–water partition coefficient (Wildman–Crippen LogP) is 3.18. The molecule has 0 bridgehead atoms. The number of sulfonamides is 1. The van der Waals surface area contributed by atoms with Crippen molar-refractivity contribution in [2.45, 2.75) is 24.7 Å². The van der Waals surface area contributed by atoms with Crippen LogP contribution in [0.4, 0.5) is 17.3 Å². The number of nitrogens with zero attached hydrogens (tertiary/aromatic N) is 3. The molecule has 2 heterocycles. The van der Waals surface area contributed by atoms with Crippen LogP contribution >= 0.6 is 0 Å². The number of rotatable bonds is 12. The zero-order valence-electron chi connectivity index (χ0n) is 17.3. The molecule has 0 unspecified atom stereocenters. The van der Waals surface area contributed by atoms with Crippen LogP contribution in [0, 0.1) is 0 Å². The molecule has 31 heavy (non-hydrogen) atoms. The molecule has 0 fully saturated rings. The number of nitrogens with one attached hydrogen (secondary N) is 3. The Morgan fingerprint density at radius 2 is 1.61 bits per heavy atom. The van der Waals surface area contributed by atoms with Gasteiger partial charge in [-0.1, -0.05) is 13.3 Å². The lowest BCUT2D eigenvalue weighted by atomic mass is 10.3. The van der Waals surface area contributed by atoms with Crippen LogP contribution in [0.3, 0.4) is 0 Å². The van der Waals surface area contributed by atoms with Crippen molar-refractivity contribution in [3.05, 3.63) is 60.9 Å². The fraction of sp³-hybridized carbons (Fsp3) is 0.286. The third kappa shape index (κ3) is 7.19. The Balaban J connectivity index is 1.43. The molecule has 0 spiro atoms. The molecule has 0 saturated carbocycles. The van der Waals surface area contributed by atoms with Gasteiger partial charge >= 0.3 is 0 Å². The van der Waals surface area contributed by atoms with Gasteiger partial charge in [0.05, 0.1) is 11.5 Å². The summed E-state index contributed by atoms with van der Waals surface area (Å²) in [6.07, 6.45) is 5.37. The molecule has 0 aliphatic heterocycles. The zero-order valence-corrected chi connectivity index (χ0v) is 18.1. The van der Waals surface area contributed by atoms with Crippen LogP contribution in [-0.2, 0) is 10.0 Å². The summed E-state index contributed by atoms with van der Waals surface area (Å²) in [7, 11) is -3.59. The van der Waals surface area contributed by atoms with Crippen molar-refractivity contribution in [1.82, 2.24) is 19.9 Å². The Morgan fingerprint density at radius 1 is 0.903 bits per heavy atom. The van der Waals surface area contributed by atoms with Gasteiger partial charge in [-0.15, -0.1) is 10.2 Å². The van der Waals surface area contributed by atoms with Crippen molar-refractivity contribution in [1.29, 1.82) is 0 Å². The van der Waals surface area contributed by atoms with Crippen molar-refractivity contribution in [2.24, 2.45) is 0 Å². The van der Waals surface area contributed by atoms with E-state index in [9.17, 15) is 8.42 Å². The fourth-order valence-electron chi connectivity index (χ4n) is 2.59. The van der Waals surface area contributed by atoms with Gasteiger partial charge in [0.25, 0.3) is 0 Å². The molecule has 164 valence electrons. The Hall–Kier alpha value is -3.24. The summed E-state index contributed by atoms with van der Waals surface area (Å²) in [6, 6.07) is 13.6. The molecule has 0 amide bonds. The molecule has 1 aromatic carbocycles. The van der Waals surface area contributed by atoms with Gasteiger partial charge in [0.1, 0.15) is 11.6 Å². The van der Waals surface area contributed by atoms with Crippen molar-refractivity contribution in [2.75, 3.05) is 30.3 Å². The summed E-state index contributed by atoms with van der Waals surface area (Å²) in [4.78, 5) is 4.15. The first-order valence-corrected chi connectivity index (χ1v) is 11.5. The van der Waals surface area contributed by atoms with Crippen molar-refractivity contribution in [3.63, 3.8) is 0 Å². The Bertz CT molecular complexity index is 1030. The number of unbranched alkanes of at least 4 members (excludes halogenated alkanes) is 1. The highest BCUT2D eigenvalue weighted by atomic mass is 32.2. The van der Waals surface area contributed by atoms with Crippen LogP contribution < -0.4 is 20.1 Å². The van der Waals surface area contributed by atoms with Crippen LogP contribution in [0.1, 0.15) is 19.8 Å². The van der Waals surface area contributed by atoms with E-state index in [0.29, 0.717) is 30.5 Å². The van der Waals surface area contributed by atoms with Crippen LogP contribution in [0.5, 0.6) is 5.75 Å². The van der Waals surface area contributed by atoms with Crippen molar-refractivity contribution < 1.29 is 13.2 Å². The third-order valence-corrected chi connectivity index (χ3v) is 5.72. The van der Waals surface area contributed by atoms with Gasteiger partial charge in [0, 0.05) is 31.2 Å². The number of hydrogen-bond donors (Lipinski definition) is 3.